The highest BCUT2D eigenvalue weighted by molar-refractivity contribution is 6.19. The molecule has 8 nitrogen and oxygen atoms in total. The van der Waals surface area contributed by atoms with Gasteiger partial charge in [-0.3, -0.25) is 4.79 Å². The van der Waals surface area contributed by atoms with Gasteiger partial charge in [0.2, 0.25) is 0 Å². The van der Waals surface area contributed by atoms with Gasteiger partial charge in [-0.15, -0.1) is 0 Å². The lowest BCUT2D eigenvalue weighted by atomic mass is 9.86. The predicted octanol–water partition coefficient (Wildman–Crippen LogP) is 2.66. The first-order chi connectivity index (χ1) is 15.8. The summed E-state index contributed by atoms with van der Waals surface area (Å²) in [6.07, 6.45) is 0.0727. The highest BCUT2D eigenvalue weighted by Crippen LogP contribution is 2.39. The van der Waals surface area contributed by atoms with E-state index in [4.69, 9.17) is 14.5 Å². The molecule has 168 valence electrons. The molecule has 8 heteroatoms. The van der Waals surface area contributed by atoms with Crippen molar-refractivity contribution in [1.82, 2.24) is 9.55 Å². The molecule has 1 atom stereocenters. The molecule has 0 unspecified atom stereocenters. The third-order valence-corrected chi connectivity index (χ3v) is 6.39. The normalized spacial score (nSPS) is 18.3. The van der Waals surface area contributed by atoms with Gasteiger partial charge >= 0.3 is 11.9 Å². The lowest BCUT2D eigenvalue weighted by Gasteiger charge is -2.31. The van der Waals surface area contributed by atoms with Crippen LogP contribution in [0.2, 0.25) is 0 Å². The van der Waals surface area contributed by atoms with Crippen molar-refractivity contribution in [2.45, 2.75) is 39.0 Å². The molecule has 0 saturated carbocycles. The number of rotatable bonds is 4. The van der Waals surface area contributed by atoms with Gasteiger partial charge in [-0.2, -0.15) is 0 Å². The number of fused-ring (bicyclic) bond motifs is 5. The summed E-state index contributed by atoms with van der Waals surface area (Å²) in [4.78, 5) is 42.7. The van der Waals surface area contributed by atoms with Crippen molar-refractivity contribution < 1.29 is 24.2 Å². The van der Waals surface area contributed by atoms with Gasteiger partial charge in [-0.05, 0) is 25.5 Å². The van der Waals surface area contributed by atoms with Crippen molar-refractivity contribution in [3.05, 3.63) is 69.5 Å². The Morgan fingerprint density at radius 2 is 2.09 bits per heavy atom. The van der Waals surface area contributed by atoms with Crippen molar-refractivity contribution in [3.63, 3.8) is 0 Å². The van der Waals surface area contributed by atoms with Crippen LogP contribution in [0.3, 0.4) is 0 Å². The highest BCUT2D eigenvalue weighted by atomic mass is 16.6. The van der Waals surface area contributed by atoms with Crippen LogP contribution in [0.1, 0.15) is 42.5 Å². The van der Waals surface area contributed by atoms with Gasteiger partial charge in [0.05, 0.1) is 41.2 Å². The summed E-state index contributed by atoms with van der Waals surface area (Å²) < 4.78 is 11.8. The maximum Gasteiger partial charge on any atom is 0.343 e. The van der Waals surface area contributed by atoms with E-state index in [-0.39, 0.29) is 41.9 Å². The van der Waals surface area contributed by atoms with E-state index in [9.17, 15) is 19.5 Å². The average Bonchev–Trinajstić information content (AvgIpc) is 3.17. The fraction of sp³-hybridized carbons (Fsp3) is 0.280. The summed E-state index contributed by atoms with van der Waals surface area (Å²) in [6, 6.07) is 9.03. The molecule has 3 aromatic rings. The van der Waals surface area contributed by atoms with Crippen LogP contribution in [-0.4, -0.2) is 33.2 Å². The second-order valence-corrected chi connectivity index (χ2v) is 8.18. The zero-order valence-electron chi connectivity index (χ0n) is 18.3. The molecule has 5 rings (SSSR count). The SMILES string of the molecule is C=C(C(=O)OCC)c1cccc2cc3c(nc12)-c1cc2c(c(=O)n1C3)COC(=O)[C@]2(O)CC. The van der Waals surface area contributed by atoms with Gasteiger partial charge in [0, 0.05) is 22.1 Å². The number of cyclic esters (lactones) is 1. The first-order valence-corrected chi connectivity index (χ1v) is 10.8. The van der Waals surface area contributed by atoms with E-state index < -0.39 is 17.5 Å². The molecule has 2 aliphatic rings. The summed E-state index contributed by atoms with van der Waals surface area (Å²) >= 11 is 0. The van der Waals surface area contributed by atoms with E-state index in [2.05, 4.69) is 6.58 Å². The quantitative estimate of drug-likeness (QED) is 0.379. The number of carbonyl (C=O) groups excluding carboxylic acids is 2. The summed E-state index contributed by atoms with van der Waals surface area (Å²) in [5.74, 6) is -1.29. The van der Waals surface area contributed by atoms with Gasteiger partial charge < -0.3 is 19.1 Å². The Bertz CT molecular complexity index is 1440. The second kappa shape index (κ2) is 7.38. The Kier molecular flexibility index (Phi) is 4.72. The molecule has 1 aromatic carbocycles. The zero-order valence-corrected chi connectivity index (χ0v) is 18.3. The first kappa shape index (κ1) is 21.1. The van der Waals surface area contributed by atoms with Gasteiger partial charge in [-0.25, -0.2) is 14.6 Å². The van der Waals surface area contributed by atoms with Crippen LogP contribution >= 0.6 is 0 Å². The third-order valence-electron chi connectivity index (χ3n) is 6.39. The van der Waals surface area contributed by atoms with E-state index in [0.717, 1.165) is 10.9 Å². The van der Waals surface area contributed by atoms with Gasteiger partial charge in [-0.1, -0.05) is 31.7 Å². The van der Waals surface area contributed by atoms with Crippen molar-refractivity contribution in [2.24, 2.45) is 0 Å². The topological polar surface area (TPSA) is 108 Å². The van der Waals surface area contributed by atoms with E-state index >= 15 is 0 Å². The molecule has 0 bridgehead atoms. The standard InChI is InChI=1S/C25H22N2O6/c1-4-25(31)18-10-19-21-15(11-27(19)22(28)17(18)12-33-24(25)30)9-14-7-6-8-16(20(14)26-21)13(3)23(29)32-5-2/h6-10,31H,3-5,11-12H2,1-2H3/t25-/m0/s1. The number of aromatic nitrogens is 2. The number of benzene rings is 1. The Morgan fingerprint density at radius 1 is 1.30 bits per heavy atom. The molecule has 0 aliphatic carbocycles. The van der Waals surface area contributed by atoms with Crippen LogP contribution in [0, 0.1) is 0 Å². The Labute approximate surface area is 189 Å². The largest absolute Gasteiger partial charge is 0.462 e. The molecule has 0 fully saturated rings. The van der Waals surface area contributed by atoms with Crippen molar-refractivity contribution in [1.29, 1.82) is 0 Å². The fourth-order valence-electron chi connectivity index (χ4n) is 4.58. The van der Waals surface area contributed by atoms with Gasteiger partial charge in [0.1, 0.15) is 6.61 Å². The number of hydrogen-bond donors (Lipinski definition) is 1. The van der Waals surface area contributed by atoms with E-state index in [1.807, 2.05) is 18.2 Å². The van der Waals surface area contributed by atoms with Crippen molar-refractivity contribution in [3.8, 4) is 11.4 Å². The van der Waals surface area contributed by atoms with Crippen LogP contribution in [0.25, 0.3) is 27.9 Å². The predicted molar refractivity (Wildman–Crippen MR) is 120 cm³/mol. The Balaban J connectivity index is 1.73. The minimum absolute atomic E-state index is 0.0727. The maximum absolute atomic E-state index is 13.3. The summed E-state index contributed by atoms with van der Waals surface area (Å²) in [5, 5.41) is 11.8. The van der Waals surface area contributed by atoms with Crippen molar-refractivity contribution >= 4 is 28.4 Å². The molecule has 0 saturated heterocycles. The van der Waals surface area contributed by atoms with Gasteiger partial charge in [0.15, 0.2) is 5.60 Å². The summed E-state index contributed by atoms with van der Waals surface area (Å²) in [5.41, 5.74) is 1.52. The molecule has 2 aliphatic heterocycles. The monoisotopic (exact) mass is 446 g/mol. The summed E-state index contributed by atoms with van der Waals surface area (Å²) in [7, 11) is 0. The minimum Gasteiger partial charge on any atom is -0.462 e. The lowest BCUT2D eigenvalue weighted by Crippen LogP contribution is -2.44. The number of carbonyl (C=O) groups is 2. The number of ether oxygens (including phenoxy) is 2. The third kappa shape index (κ3) is 2.94. The van der Waals surface area contributed by atoms with Crippen LogP contribution in [0.15, 0.2) is 41.7 Å². The number of hydrogen-bond acceptors (Lipinski definition) is 7. The number of nitrogens with zero attached hydrogens (tertiary/aromatic N) is 2. The van der Waals surface area contributed by atoms with Crippen LogP contribution in [-0.2, 0) is 37.8 Å². The molecular weight excluding hydrogens is 424 g/mol. The van der Waals surface area contributed by atoms with Crippen LogP contribution < -0.4 is 5.56 Å². The first-order valence-electron chi connectivity index (χ1n) is 10.8. The average molecular weight is 446 g/mol. The molecule has 0 amide bonds. The van der Waals surface area contributed by atoms with E-state index in [1.54, 1.807) is 30.5 Å². The minimum atomic E-state index is -1.88. The maximum atomic E-state index is 13.3. The molecule has 33 heavy (non-hydrogen) atoms. The number of pyridine rings is 2. The molecule has 4 heterocycles. The summed E-state index contributed by atoms with van der Waals surface area (Å²) in [6.45, 7) is 7.64. The lowest BCUT2D eigenvalue weighted by molar-refractivity contribution is -0.172. The molecule has 2 aromatic heterocycles. The van der Waals surface area contributed by atoms with Crippen LogP contribution in [0.5, 0.6) is 0 Å². The van der Waals surface area contributed by atoms with E-state index in [0.29, 0.717) is 29.0 Å². The molecular formula is C25H22N2O6. The number of esters is 2. The highest BCUT2D eigenvalue weighted by Gasteiger charge is 2.45. The number of para-hydroxylation sites is 1. The van der Waals surface area contributed by atoms with E-state index in [1.165, 1.54) is 0 Å². The second-order valence-electron chi connectivity index (χ2n) is 8.18. The molecule has 0 radical (unpaired) electrons. The zero-order chi connectivity index (χ0) is 23.5. The number of aliphatic hydroxyl groups is 1. The van der Waals surface area contributed by atoms with Crippen molar-refractivity contribution in [2.75, 3.05) is 6.61 Å². The molecule has 0 spiro atoms. The molecule has 1 N–H and O–H groups in total. The fourth-order valence-corrected chi connectivity index (χ4v) is 4.58. The Morgan fingerprint density at radius 3 is 2.82 bits per heavy atom. The van der Waals surface area contributed by atoms with Gasteiger partial charge in [0.25, 0.3) is 5.56 Å². The smallest absolute Gasteiger partial charge is 0.343 e. The Hall–Kier alpha value is -3.78. The van der Waals surface area contributed by atoms with Crippen LogP contribution in [0.4, 0.5) is 0 Å².